The molecule has 0 amide bonds. The molecule has 1 heterocycles. The molecule has 0 aliphatic rings. The molecule has 1 aromatic carbocycles. The molecule has 84 valence electrons. The Morgan fingerprint density at radius 3 is 2.31 bits per heavy atom. The Bertz CT molecular complexity index is 448. The van der Waals surface area contributed by atoms with Crippen LogP contribution in [0.3, 0.4) is 0 Å². The maximum atomic E-state index is 11.9. The van der Waals surface area contributed by atoms with Gasteiger partial charge in [-0.25, -0.2) is 9.55 Å². The molecule has 2 rings (SSSR count). The predicted molar refractivity (Wildman–Crippen MR) is 49.0 cm³/mol. The van der Waals surface area contributed by atoms with Crippen molar-refractivity contribution in [1.82, 2.24) is 4.98 Å². The van der Waals surface area contributed by atoms with Crippen LogP contribution in [-0.2, 0) is 0 Å². The second-order valence-corrected chi connectivity index (χ2v) is 3.06. The Labute approximate surface area is 89.1 Å². The third kappa shape index (κ3) is 2.53. The smallest absolute Gasteiger partial charge is 0.406 e. The van der Waals surface area contributed by atoms with Crippen molar-refractivity contribution < 1.29 is 22.5 Å². The van der Waals surface area contributed by atoms with E-state index in [9.17, 15) is 13.2 Å². The summed E-state index contributed by atoms with van der Waals surface area (Å²) in [5.74, 6) is -0.229. The average Bonchev–Trinajstić information content (AvgIpc) is 2.69. The van der Waals surface area contributed by atoms with Crippen LogP contribution >= 0.6 is 0 Å². The van der Waals surface area contributed by atoms with E-state index in [4.69, 9.17) is 0 Å². The molecule has 16 heavy (non-hydrogen) atoms. The monoisotopic (exact) mass is 229 g/mol. The van der Waals surface area contributed by atoms with E-state index >= 15 is 0 Å². The predicted octanol–water partition coefficient (Wildman–Crippen LogP) is 2.19. The van der Waals surface area contributed by atoms with Crippen molar-refractivity contribution >= 4 is 0 Å². The summed E-state index contributed by atoms with van der Waals surface area (Å²) in [6.45, 7) is 0. The second kappa shape index (κ2) is 3.88. The Morgan fingerprint density at radius 2 is 1.81 bits per heavy atom. The molecule has 0 aliphatic heterocycles. The summed E-state index contributed by atoms with van der Waals surface area (Å²) in [6, 6.07) is 5.61. The van der Waals surface area contributed by atoms with Crippen molar-refractivity contribution in [3.05, 3.63) is 43.0 Å². The van der Waals surface area contributed by atoms with Gasteiger partial charge >= 0.3 is 6.36 Å². The molecule has 0 bridgehead atoms. The molecule has 0 spiro atoms. The molecule has 0 atom stereocenters. The van der Waals surface area contributed by atoms with Gasteiger partial charge in [-0.3, -0.25) is 0 Å². The highest BCUT2D eigenvalue weighted by Crippen LogP contribution is 2.22. The minimum Gasteiger partial charge on any atom is -0.406 e. The largest absolute Gasteiger partial charge is 0.573 e. The number of nitrogens with one attached hydrogen (secondary N) is 1. The van der Waals surface area contributed by atoms with Crippen LogP contribution in [0.2, 0.25) is 0 Å². The van der Waals surface area contributed by atoms with E-state index < -0.39 is 6.36 Å². The first-order valence-electron chi connectivity index (χ1n) is 4.45. The Balaban J connectivity index is 2.17. The number of aromatic amines is 1. The number of ether oxygens (including phenoxy) is 1. The number of halogens is 3. The van der Waals surface area contributed by atoms with Crippen LogP contribution in [0.4, 0.5) is 13.2 Å². The first kappa shape index (κ1) is 10.5. The Hall–Kier alpha value is -1.98. The summed E-state index contributed by atoms with van der Waals surface area (Å²) in [5, 5.41) is 0. The van der Waals surface area contributed by atoms with Crippen LogP contribution in [0.15, 0.2) is 43.0 Å². The number of H-pyrrole nitrogens is 1. The van der Waals surface area contributed by atoms with Gasteiger partial charge in [0.1, 0.15) is 23.8 Å². The molecule has 0 fully saturated rings. The summed E-state index contributed by atoms with van der Waals surface area (Å²) in [7, 11) is 0. The fraction of sp³-hybridized carbons (Fsp3) is 0.100. The van der Waals surface area contributed by atoms with E-state index in [-0.39, 0.29) is 5.75 Å². The van der Waals surface area contributed by atoms with Crippen LogP contribution < -0.4 is 9.30 Å². The summed E-state index contributed by atoms with van der Waals surface area (Å²) in [4.78, 5) is 2.83. The lowest BCUT2D eigenvalue weighted by molar-refractivity contribution is -0.594. The van der Waals surface area contributed by atoms with Crippen LogP contribution in [0, 0.1) is 0 Å². The van der Waals surface area contributed by atoms with Gasteiger partial charge < -0.3 is 4.74 Å². The second-order valence-electron chi connectivity index (χ2n) is 3.06. The fourth-order valence-corrected chi connectivity index (χ4v) is 1.27. The van der Waals surface area contributed by atoms with Gasteiger partial charge in [-0.2, -0.15) is 0 Å². The number of aromatic nitrogens is 2. The summed E-state index contributed by atoms with van der Waals surface area (Å²) in [5.41, 5.74) is 0.746. The van der Waals surface area contributed by atoms with Crippen LogP contribution in [0.1, 0.15) is 0 Å². The fourth-order valence-electron chi connectivity index (χ4n) is 1.27. The van der Waals surface area contributed by atoms with E-state index in [1.54, 1.807) is 23.3 Å². The molecular weight excluding hydrogens is 221 g/mol. The minimum absolute atomic E-state index is 0.229. The van der Waals surface area contributed by atoms with Crippen LogP contribution in [-0.4, -0.2) is 11.3 Å². The van der Waals surface area contributed by atoms with Crippen molar-refractivity contribution in [2.75, 3.05) is 0 Å². The number of hydrogen-bond donors (Lipinski definition) is 1. The molecule has 2 aromatic rings. The lowest BCUT2D eigenvalue weighted by atomic mass is 10.3. The van der Waals surface area contributed by atoms with Gasteiger partial charge in [0.15, 0.2) is 0 Å². The van der Waals surface area contributed by atoms with Gasteiger partial charge in [-0.15, -0.1) is 13.2 Å². The molecule has 0 radical (unpaired) electrons. The third-order valence-electron chi connectivity index (χ3n) is 1.91. The molecule has 0 unspecified atom stereocenters. The van der Waals surface area contributed by atoms with Crippen molar-refractivity contribution in [3.8, 4) is 11.4 Å². The molecule has 1 N–H and O–H groups in total. The van der Waals surface area contributed by atoms with E-state index in [0.717, 1.165) is 5.69 Å². The topological polar surface area (TPSA) is 28.9 Å². The van der Waals surface area contributed by atoms with Crippen molar-refractivity contribution in [2.45, 2.75) is 6.36 Å². The highest BCUT2D eigenvalue weighted by Gasteiger charge is 2.31. The Morgan fingerprint density at radius 1 is 1.12 bits per heavy atom. The number of imidazole rings is 1. The lowest BCUT2D eigenvalue weighted by Crippen LogP contribution is -2.26. The van der Waals surface area contributed by atoms with Gasteiger partial charge in [0.25, 0.3) is 0 Å². The van der Waals surface area contributed by atoms with Crippen LogP contribution in [0.5, 0.6) is 5.75 Å². The zero-order chi connectivity index (χ0) is 11.6. The molecule has 0 aliphatic carbocycles. The van der Waals surface area contributed by atoms with Gasteiger partial charge in [-0.05, 0) is 24.3 Å². The van der Waals surface area contributed by atoms with Crippen LogP contribution in [0.25, 0.3) is 5.69 Å². The molecule has 1 aromatic heterocycles. The zero-order valence-electron chi connectivity index (χ0n) is 8.03. The number of nitrogens with zero attached hydrogens (tertiary/aromatic N) is 1. The number of alkyl halides is 3. The highest BCUT2D eigenvalue weighted by molar-refractivity contribution is 5.31. The quantitative estimate of drug-likeness (QED) is 0.786. The number of rotatable bonds is 2. The normalized spacial score (nSPS) is 11.4. The summed E-state index contributed by atoms with van der Waals surface area (Å²) in [6.07, 6.45) is 0.488. The van der Waals surface area contributed by atoms with E-state index in [1.165, 1.54) is 24.3 Å². The van der Waals surface area contributed by atoms with E-state index in [0.29, 0.717) is 0 Å². The maximum Gasteiger partial charge on any atom is 0.573 e. The zero-order valence-corrected chi connectivity index (χ0v) is 8.03. The Kier molecular flexibility index (Phi) is 2.55. The highest BCUT2D eigenvalue weighted by atomic mass is 19.4. The van der Waals surface area contributed by atoms with E-state index in [1.807, 2.05) is 0 Å². The van der Waals surface area contributed by atoms with Gasteiger partial charge in [0.2, 0.25) is 6.33 Å². The maximum absolute atomic E-state index is 11.9. The summed E-state index contributed by atoms with van der Waals surface area (Å²) >= 11 is 0. The molecule has 6 heteroatoms. The third-order valence-corrected chi connectivity index (χ3v) is 1.91. The van der Waals surface area contributed by atoms with Gasteiger partial charge in [-0.1, -0.05) is 0 Å². The van der Waals surface area contributed by atoms with Gasteiger partial charge in [0, 0.05) is 0 Å². The average molecular weight is 229 g/mol. The minimum atomic E-state index is -4.65. The SMILES string of the molecule is FC(F)(F)Oc1ccc(-[n+]2cc[nH]c2)cc1. The molecular formula is C10H8F3N2O+. The van der Waals surface area contributed by atoms with Crippen molar-refractivity contribution in [3.63, 3.8) is 0 Å². The number of benzene rings is 1. The number of hydrogen-bond acceptors (Lipinski definition) is 1. The summed E-state index contributed by atoms with van der Waals surface area (Å²) < 4.78 is 41.1. The van der Waals surface area contributed by atoms with Crippen molar-refractivity contribution in [2.24, 2.45) is 0 Å². The van der Waals surface area contributed by atoms with E-state index in [2.05, 4.69) is 9.72 Å². The standard InChI is InChI=1S/C10H7F3N2O/c11-10(12,13)16-9-3-1-8(2-4-9)15-6-5-14-7-15/h1-7H/p+1. The molecule has 3 nitrogen and oxygen atoms in total. The molecule has 0 saturated carbocycles. The molecule has 0 saturated heterocycles. The first-order valence-corrected chi connectivity index (χ1v) is 4.45. The van der Waals surface area contributed by atoms with Gasteiger partial charge in [0.05, 0.1) is 0 Å². The van der Waals surface area contributed by atoms with Crippen molar-refractivity contribution in [1.29, 1.82) is 0 Å². The lowest BCUT2D eigenvalue weighted by Gasteiger charge is -2.08. The first-order chi connectivity index (χ1) is 7.54.